The molecule has 0 amide bonds. The van der Waals surface area contributed by atoms with Gasteiger partial charge in [0.2, 0.25) is 0 Å². The molecule has 0 spiro atoms. The van der Waals surface area contributed by atoms with Crippen molar-refractivity contribution in [2.75, 3.05) is 0 Å². The van der Waals surface area contributed by atoms with E-state index in [0.717, 1.165) is 0 Å². The summed E-state index contributed by atoms with van der Waals surface area (Å²) in [5, 5.41) is 5.36. The fraction of sp³-hybridized carbons (Fsp3) is 0.167. The molecule has 0 nitrogen and oxygen atoms in total. The van der Waals surface area contributed by atoms with E-state index in [1.807, 2.05) is 0 Å². The third-order valence-corrected chi connectivity index (χ3v) is 4.98. The van der Waals surface area contributed by atoms with Crippen LogP contribution in [0.2, 0.25) is 0 Å². The molecule has 0 aromatic heterocycles. The van der Waals surface area contributed by atoms with Crippen LogP contribution in [0.25, 0.3) is 32.7 Å². The van der Waals surface area contributed by atoms with Crippen molar-refractivity contribution in [3.8, 4) is 11.1 Å². The number of aryl methyl sites for hydroxylation is 4. The van der Waals surface area contributed by atoms with Gasteiger partial charge in [-0.05, 0) is 77.6 Å². The summed E-state index contributed by atoms with van der Waals surface area (Å²) in [5.41, 5.74) is 8.03. The van der Waals surface area contributed by atoms with Crippen molar-refractivity contribution >= 4 is 21.5 Å². The number of fused-ring (bicyclic) bond motifs is 2. The Morgan fingerprint density at radius 2 is 1.29 bits per heavy atom. The SMILES string of the molecule is Cc1ccc(-c2c3ccccc3cc3c(C)cc(C)cc23)c(C)c1. The van der Waals surface area contributed by atoms with E-state index in [0.29, 0.717) is 0 Å². The second-order valence-electron chi connectivity index (χ2n) is 6.97. The van der Waals surface area contributed by atoms with E-state index in [1.54, 1.807) is 0 Å². The average Bonchev–Trinajstić information content (AvgIpc) is 2.54. The molecular weight excluding hydrogens is 288 g/mol. The zero-order chi connectivity index (χ0) is 16.8. The maximum atomic E-state index is 2.34. The summed E-state index contributed by atoms with van der Waals surface area (Å²) >= 11 is 0. The molecule has 24 heavy (non-hydrogen) atoms. The van der Waals surface area contributed by atoms with Gasteiger partial charge in [-0.25, -0.2) is 0 Å². The summed E-state index contributed by atoms with van der Waals surface area (Å²) in [6.45, 7) is 8.79. The first-order valence-electron chi connectivity index (χ1n) is 8.55. The summed E-state index contributed by atoms with van der Waals surface area (Å²) in [4.78, 5) is 0. The molecule has 0 radical (unpaired) electrons. The van der Waals surface area contributed by atoms with Crippen LogP contribution in [0.5, 0.6) is 0 Å². The van der Waals surface area contributed by atoms with Gasteiger partial charge in [0, 0.05) is 0 Å². The second kappa shape index (κ2) is 5.49. The molecular formula is C24H22. The molecule has 4 rings (SSSR count). The third kappa shape index (κ3) is 2.30. The molecule has 4 aromatic carbocycles. The fourth-order valence-electron chi connectivity index (χ4n) is 3.91. The van der Waals surface area contributed by atoms with E-state index in [4.69, 9.17) is 0 Å². The lowest BCUT2D eigenvalue weighted by atomic mass is 9.87. The Morgan fingerprint density at radius 3 is 2.08 bits per heavy atom. The predicted octanol–water partition coefficient (Wildman–Crippen LogP) is 6.89. The Labute approximate surface area is 143 Å². The third-order valence-electron chi connectivity index (χ3n) is 4.98. The molecule has 118 valence electrons. The Kier molecular flexibility index (Phi) is 3.42. The van der Waals surface area contributed by atoms with Crippen molar-refractivity contribution in [2.45, 2.75) is 27.7 Å². The lowest BCUT2D eigenvalue weighted by Gasteiger charge is -2.16. The smallest absolute Gasteiger partial charge is 0.00240 e. The summed E-state index contributed by atoms with van der Waals surface area (Å²) in [5.74, 6) is 0. The molecule has 0 fully saturated rings. The minimum Gasteiger partial charge on any atom is -0.0616 e. The lowest BCUT2D eigenvalue weighted by molar-refractivity contribution is 1.38. The molecule has 0 bridgehead atoms. The molecule has 4 aromatic rings. The minimum atomic E-state index is 1.31. The zero-order valence-electron chi connectivity index (χ0n) is 14.8. The number of hydrogen-bond acceptors (Lipinski definition) is 0. The van der Waals surface area contributed by atoms with Gasteiger partial charge in [0.1, 0.15) is 0 Å². The molecule has 0 heteroatoms. The van der Waals surface area contributed by atoms with Gasteiger partial charge in [-0.15, -0.1) is 0 Å². The highest BCUT2D eigenvalue weighted by molar-refractivity contribution is 6.13. The highest BCUT2D eigenvalue weighted by Gasteiger charge is 2.13. The van der Waals surface area contributed by atoms with Gasteiger partial charge in [-0.3, -0.25) is 0 Å². The molecule has 0 N–H and O–H groups in total. The van der Waals surface area contributed by atoms with Crippen molar-refractivity contribution in [1.29, 1.82) is 0 Å². The van der Waals surface area contributed by atoms with Crippen molar-refractivity contribution in [1.82, 2.24) is 0 Å². The molecule has 0 atom stereocenters. The second-order valence-corrected chi connectivity index (χ2v) is 6.97. The summed E-state index contributed by atoms with van der Waals surface area (Å²) < 4.78 is 0. The van der Waals surface area contributed by atoms with E-state index in [9.17, 15) is 0 Å². The lowest BCUT2D eigenvalue weighted by Crippen LogP contribution is -1.91. The van der Waals surface area contributed by atoms with Crippen LogP contribution in [-0.4, -0.2) is 0 Å². The average molecular weight is 310 g/mol. The minimum absolute atomic E-state index is 1.31. The van der Waals surface area contributed by atoms with Gasteiger partial charge in [-0.1, -0.05) is 65.7 Å². The van der Waals surface area contributed by atoms with Crippen LogP contribution < -0.4 is 0 Å². The van der Waals surface area contributed by atoms with Crippen molar-refractivity contribution in [2.24, 2.45) is 0 Å². The molecule has 0 aliphatic rings. The molecule has 0 saturated heterocycles. The molecule has 0 aliphatic heterocycles. The number of hydrogen-bond donors (Lipinski definition) is 0. The first-order chi connectivity index (χ1) is 11.5. The van der Waals surface area contributed by atoms with Gasteiger partial charge in [0.25, 0.3) is 0 Å². The Morgan fingerprint density at radius 1 is 0.542 bits per heavy atom. The zero-order valence-corrected chi connectivity index (χ0v) is 14.8. The Hall–Kier alpha value is -2.60. The number of rotatable bonds is 1. The quantitative estimate of drug-likeness (QED) is 0.336. The largest absolute Gasteiger partial charge is 0.0616 e. The summed E-state index contributed by atoms with van der Waals surface area (Å²) in [7, 11) is 0. The maximum absolute atomic E-state index is 2.34. The van der Waals surface area contributed by atoms with Crippen molar-refractivity contribution in [3.05, 3.63) is 82.9 Å². The molecule has 0 aliphatic carbocycles. The van der Waals surface area contributed by atoms with E-state index >= 15 is 0 Å². The van der Waals surface area contributed by atoms with Crippen molar-refractivity contribution < 1.29 is 0 Å². The predicted molar refractivity (Wildman–Crippen MR) is 106 cm³/mol. The van der Waals surface area contributed by atoms with Crippen molar-refractivity contribution in [3.63, 3.8) is 0 Å². The van der Waals surface area contributed by atoms with Gasteiger partial charge in [0.05, 0.1) is 0 Å². The van der Waals surface area contributed by atoms with Crippen LogP contribution in [0.1, 0.15) is 22.3 Å². The van der Waals surface area contributed by atoms with Gasteiger partial charge >= 0.3 is 0 Å². The Bertz CT molecular complexity index is 1080. The van der Waals surface area contributed by atoms with E-state index in [1.165, 1.54) is 54.9 Å². The van der Waals surface area contributed by atoms with Crippen LogP contribution in [0, 0.1) is 27.7 Å². The highest BCUT2D eigenvalue weighted by atomic mass is 14.2. The topological polar surface area (TPSA) is 0 Å². The fourth-order valence-corrected chi connectivity index (χ4v) is 3.91. The molecule has 0 heterocycles. The highest BCUT2D eigenvalue weighted by Crippen LogP contribution is 2.39. The summed E-state index contributed by atoms with van der Waals surface area (Å²) in [6.07, 6.45) is 0. The van der Waals surface area contributed by atoms with Crippen LogP contribution in [0.15, 0.2) is 60.7 Å². The normalized spacial score (nSPS) is 11.3. The van der Waals surface area contributed by atoms with Gasteiger partial charge in [-0.2, -0.15) is 0 Å². The van der Waals surface area contributed by atoms with E-state index in [2.05, 4.69) is 88.4 Å². The van der Waals surface area contributed by atoms with E-state index < -0.39 is 0 Å². The van der Waals surface area contributed by atoms with Crippen LogP contribution in [-0.2, 0) is 0 Å². The molecule has 0 unspecified atom stereocenters. The van der Waals surface area contributed by atoms with Crippen LogP contribution >= 0.6 is 0 Å². The monoisotopic (exact) mass is 310 g/mol. The van der Waals surface area contributed by atoms with Gasteiger partial charge < -0.3 is 0 Å². The van der Waals surface area contributed by atoms with Crippen LogP contribution in [0.3, 0.4) is 0 Å². The Balaban J connectivity index is 2.25. The first kappa shape index (κ1) is 15.0. The van der Waals surface area contributed by atoms with E-state index in [-0.39, 0.29) is 0 Å². The van der Waals surface area contributed by atoms with Gasteiger partial charge in [0.15, 0.2) is 0 Å². The van der Waals surface area contributed by atoms with Crippen LogP contribution in [0.4, 0.5) is 0 Å². The molecule has 0 saturated carbocycles. The standard InChI is InChI=1S/C24H22/c1-15-9-10-20(17(3)11-15)24-21-8-6-5-7-19(21)14-22-18(4)12-16(2)13-23(22)24/h5-14H,1-4H3. The summed E-state index contributed by atoms with van der Waals surface area (Å²) in [6, 6.07) is 22.5. The number of benzene rings is 4. The maximum Gasteiger partial charge on any atom is -0.00240 e. The first-order valence-corrected chi connectivity index (χ1v) is 8.55.